The van der Waals surface area contributed by atoms with Gasteiger partial charge in [0, 0.05) is 13.2 Å². The summed E-state index contributed by atoms with van der Waals surface area (Å²) in [6.07, 6.45) is -0.0173. The summed E-state index contributed by atoms with van der Waals surface area (Å²) < 4.78 is 9.89. The third-order valence-electron chi connectivity index (χ3n) is 1.74. The van der Waals surface area contributed by atoms with Crippen LogP contribution in [0, 0.1) is 0 Å². The summed E-state index contributed by atoms with van der Waals surface area (Å²) in [4.78, 5) is 10.9. The average molecular weight is 173 g/mol. The van der Waals surface area contributed by atoms with Gasteiger partial charge in [0.05, 0.1) is 12.5 Å². The van der Waals surface area contributed by atoms with E-state index in [0.717, 1.165) is 0 Å². The molecule has 0 saturated carbocycles. The first-order valence-corrected chi connectivity index (χ1v) is 4.12. The Kier molecular flexibility index (Phi) is 3.05. The second-order valence-electron chi connectivity index (χ2n) is 3.23. The molecule has 70 valence electrons. The Balaban J connectivity index is 2.46. The van der Waals surface area contributed by atoms with Crippen LogP contribution in [0.5, 0.6) is 0 Å². The van der Waals surface area contributed by atoms with Gasteiger partial charge in [0.2, 0.25) is 6.29 Å². The third-order valence-corrected chi connectivity index (χ3v) is 1.74. The lowest BCUT2D eigenvalue weighted by Crippen LogP contribution is -2.41. The fourth-order valence-corrected chi connectivity index (χ4v) is 1.31. The van der Waals surface area contributed by atoms with Crippen molar-refractivity contribution in [1.29, 1.82) is 0 Å². The highest BCUT2D eigenvalue weighted by Crippen LogP contribution is 2.15. The lowest BCUT2D eigenvalue weighted by molar-refractivity contribution is -0.159. The normalized spacial score (nSPS) is 29.5. The Morgan fingerprint density at radius 1 is 1.67 bits per heavy atom. The molecule has 0 radical (unpaired) electrons. The predicted octanol–water partition coefficient (Wildman–Crippen LogP) is 0.272. The highest BCUT2D eigenvalue weighted by Gasteiger charge is 2.34. The number of hydrogen-bond donors (Lipinski definition) is 1. The number of nitrogens with one attached hydrogen (secondary N) is 1. The molecule has 1 aliphatic heterocycles. The fourth-order valence-electron chi connectivity index (χ4n) is 1.31. The molecule has 1 saturated heterocycles. The minimum atomic E-state index is -0.417. The van der Waals surface area contributed by atoms with Crippen molar-refractivity contribution < 1.29 is 14.3 Å². The number of rotatable bonds is 3. The van der Waals surface area contributed by atoms with Crippen LogP contribution in [0.1, 0.15) is 20.3 Å². The van der Waals surface area contributed by atoms with Crippen molar-refractivity contribution in [1.82, 2.24) is 5.32 Å². The van der Waals surface area contributed by atoms with Gasteiger partial charge >= 0.3 is 5.97 Å². The molecule has 1 fully saturated rings. The van der Waals surface area contributed by atoms with Gasteiger partial charge in [-0.3, -0.25) is 4.79 Å². The number of carbonyl (C=O) groups is 1. The van der Waals surface area contributed by atoms with Gasteiger partial charge < -0.3 is 14.8 Å². The zero-order valence-electron chi connectivity index (χ0n) is 7.66. The van der Waals surface area contributed by atoms with Crippen LogP contribution in [-0.2, 0) is 14.3 Å². The number of cyclic esters (lactones) is 1. The summed E-state index contributed by atoms with van der Waals surface area (Å²) >= 11 is 0. The second kappa shape index (κ2) is 3.87. The minimum Gasteiger partial charge on any atom is -0.434 e. The average Bonchev–Trinajstić information content (AvgIpc) is 2.29. The van der Waals surface area contributed by atoms with E-state index in [9.17, 15) is 4.79 Å². The van der Waals surface area contributed by atoms with E-state index in [0.29, 0.717) is 12.5 Å². The maximum Gasteiger partial charge on any atom is 0.309 e. The molecular weight excluding hydrogens is 158 g/mol. The third kappa shape index (κ3) is 2.19. The molecular formula is C8H15NO3. The Morgan fingerprint density at radius 2 is 2.33 bits per heavy atom. The number of hydrogen-bond acceptors (Lipinski definition) is 4. The SMILES string of the molecule is COC1OC(=O)CC1NC(C)C. The van der Waals surface area contributed by atoms with Crippen molar-refractivity contribution in [3.63, 3.8) is 0 Å². The van der Waals surface area contributed by atoms with Gasteiger partial charge in [0.1, 0.15) is 0 Å². The Hall–Kier alpha value is -0.610. The Morgan fingerprint density at radius 3 is 2.83 bits per heavy atom. The van der Waals surface area contributed by atoms with Crippen LogP contribution in [-0.4, -0.2) is 31.5 Å². The molecule has 0 bridgehead atoms. The first-order valence-electron chi connectivity index (χ1n) is 4.12. The van der Waals surface area contributed by atoms with Gasteiger partial charge in [-0.1, -0.05) is 13.8 Å². The maximum atomic E-state index is 10.9. The summed E-state index contributed by atoms with van der Waals surface area (Å²) in [7, 11) is 1.54. The summed E-state index contributed by atoms with van der Waals surface area (Å²) in [5, 5.41) is 3.20. The lowest BCUT2D eigenvalue weighted by atomic mass is 10.2. The van der Waals surface area contributed by atoms with Crippen LogP contribution in [0.2, 0.25) is 0 Å². The van der Waals surface area contributed by atoms with Crippen LogP contribution in [0.25, 0.3) is 0 Å². The fraction of sp³-hybridized carbons (Fsp3) is 0.875. The molecule has 2 unspecified atom stereocenters. The van der Waals surface area contributed by atoms with Crippen LogP contribution < -0.4 is 5.32 Å². The largest absolute Gasteiger partial charge is 0.434 e. The van der Waals surface area contributed by atoms with Gasteiger partial charge in [-0.2, -0.15) is 0 Å². The van der Waals surface area contributed by atoms with E-state index in [-0.39, 0.29) is 12.0 Å². The van der Waals surface area contributed by atoms with Crippen LogP contribution in [0.3, 0.4) is 0 Å². The van der Waals surface area contributed by atoms with Gasteiger partial charge in [0.25, 0.3) is 0 Å². The minimum absolute atomic E-state index is 0.00231. The lowest BCUT2D eigenvalue weighted by Gasteiger charge is -2.19. The quantitative estimate of drug-likeness (QED) is 0.622. The molecule has 1 N–H and O–H groups in total. The molecule has 1 aliphatic rings. The predicted molar refractivity (Wildman–Crippen MR) is 43.6 cm³/mol. The van der Waals surface area contributed by atoms with Crippen molar-refractivity contribution >= 4 is 5.97 Å². The van der Waals surface area contributed by atoms with E-state index in [4.69, 9.17) is 9.47 Å². The van der Waals surface area contributed by atoms with Crippen LogP contribution >= 0.6 is 0 Å². The maximum absolute atomic E-state index is 10.9. The molecule has 4 heteroatoms. The smallest absolute Gasteiger partial charge is 0.309 e. The zero-order valence-corrected chi connectivity index (χ0v) is 7.66. The number of methoxy groups -OCH3 is 1. The van der Waals surface area contributed by atoms with Gasteiger partial charge in [-0.25, -0.2) is 0 Å². The van der Waals surface area contributed by atoms with Crippen molar-refractivity contribution in [2.24, 2.45) is 0 Å². The van der Waals surface area contributed by atoms with Crippen molar-refractivity contribution in [3.05, 3.63) is 0 Å². The van der Waals surface area contributed by atoms with E-state index in [2.05, 4.69) is 5.32 Å². The summed E-state index contributed by atoms with van der Waals surface area (Å²) in [6.45, 7) is 4.05. The number of carbonyl (C=O) groups excluding carboxylic acids is 1. The molecule has 0 aromatic carbocycles. The molecule has 0 aromatic rings. The van der Waals surface area contributed by atoms with Crippen molar-refractivity contribution in [3.8, 4) is 0 Å². The molecule has 1 rings (SSSR count). The number of ether oxygens (including phenoxy) is 2. The first kappa shape index (κ1) is 9.48. The zero-order chi connectivity index (χ0) is 9.14. The van der Waals surface area contributed by atoms with Crippen molar-refractivity contribution in [2.75, 3.05) is 7.11 Å². The first-order chi connectivity index (χ1) is 5.63. The van der Waals surface area contributed by atoms with Gasteiger partial charge in [-0.05, 0) is 0 Å². The topological polar surface area (TPSA) is 47.6 Å². The van der Waals surface area contributed by atoms with E-state index in [1.165, 1.54) is 7.11 Å². The number of esters is 1. The highest BCUT2D eigenvalue weighted by atomic mass is 16.7. The molecule has 1 heterocycles. The molecule has 0 spiro atoms. The molecule has 0 aliphatic carbocycles. The monoisotopic (exact) mass is 173 g/mol. The van der Waals surface area contributed by atoms with E-state index < -0.39 is 6.29 Å². The van der Waals surface area contributed by atoms with Gasteiger partial charge in [-0.15, -0.1) is 0 Å². The molecule has 4 nitrogen and oxygen atoms in total. The summed E-state index contributed by atoms with van der Waals surface area (Å²) in [5.74, 6) is -0.194. The molecule has 2 atom stereocenters. The van der Waals surface area contributed by atoms with Crippen molar-refractivity contribution in [2.45, 2.75) is 38.6 Å². The molecule has 0 aromatic heterocycles. The molecule has 12 heavy (non-hydrogen) atoms. The van der Waals surface area contributed by atoms with E-state index in [1.807, 2.05) is 13.8 Å². The molecule has 0 amide bonds. The standard InChI is InChI=1S/C8H15NO3/c1-5(2)9-6-4-7(10)12-8(6)11-3/h5-6,8-9H,4H2,1-3H3. The Labute approximate surface area is 72.2 Å². The summed E-state index contributed by atoms with van der Waals surface area (Å²) in [5.41, 5.74) is 0. The van der Waals surface area contributed by atoms with Crippen LogP contribution in [0.15, 0.2) is 0 Å². The van der Waals surface area contributed by atoms with Gasteiger partial charge in [0.15, 0.2) is 0 Å². The highest BCUT2D eigenvalue weighted by molar-refractivity contribution is 5.72. The van der Waals surface area contributed by atoms with E-state index in [1.54, 1.807) is 0 Å². The van der Waals surface area contributed by atoms with E-state index >= 15 is 0 Å². The summed E-state index contributed by atoms with van der Waals surface area (Å²) in [6, 6.07) is 0.338. The second-order valence-corrected chi connectivity index (χ2v) is 3.23. The Bertz CT molecular complexity index is 170. The van der Waals surface area contributed by atoms with Crippen LogP contribution in [0.4, 0.5) is 0 Å².